The Bertz CT molecular complexity index is 1990. The maximum Gasteiger partial charge on any atom is 0.416 e. The Balaban J connectivity index is 1.61. The zero-order valence-corrected chi connectivity index (χ0v) is 26.5. The monoisotopic (exact) mass is 729 g/mol. The van der Waals surface area contributed by atoms with E-state index in [1.165, 1.54) is 45.2 Å². The molecule has 0 bridgehead atoms. The molecular weight excluding hydrogens is 704 g/mol. The number of ether oxygens (including phenoxy) is 2. The summed E-state index contributed by atoms with van der Waals surface area (Å²) in [4.78, 5) is 25.4. The second-order valence-corrected chi connectivity index (χ2v) is 11.7. The average molecular weight is 730 g/mol. The zero-order valence-electron chi connectivity index (χ0n) is 26.5. The molecule has 0 spiro atoms. The van der Waals surface area contributed by atoms with Crippen molar-refractivity contribution in [3.05, 3.63) is 111 Å². The van der Waals surface area contributed by atoms with Crippen molar-refractivity contribution in [2.45, 2.75) is 51.1 Å². The lowest BCUT2D eigenvalue weighted by atomic mass is 9.91. The second kappa shape index (κ2) is 13.1. The van der Waals surface area contributed by atoms with Gasteiger partial charge in [0, 0.05) is 17.2 Å². The number of aryl methyl sites for hydroxylation is 1. The summed E-state index contributed by atoms with van der Waals surface area (Å²) < 4.78 is 149. The molecule has 270 valence electrons. The molecule has 1 aliphatic heterocycles. The van der Waals surface area contributed by atoms with Crippen LogP contribution in [0.4, 0.5) is 48.7 Å². The van der Waals surface area contributed by atoms with Crippen LogP contribution in [0.25, 0.3) is 22.3 Å². The molecule has 6 nitrogen and oxygen atoms in total. The Morgan fingerprint density at radius 2 is 1.41 bits per heavy atom. The van der Waals surface area contributed by atoms with E-state index in [0.717, 1.165) is 23.1 Å². The van der Waals surface area contributed by atoms with E-state index in [2.05, 4.69) is 0 Å². The van der Waals surface area contributed by atoms with Crippen molar-refractivity contribution in [2.24, 2.45) is 0 Å². The summed E-state index contributed by atoms with van der Waals surface area (Å²) in [6, 6.07) is 8.08. The van der Waals surface area contributed by atoms with Gasteiger partial charge in [-0.15, -0.1) is 0 Å². The summed E-state index contributed by atoms with van der Waals surface area (Å²) >= 11 is 0. The molecule has 1 amide bonds. The predicted molar refractivity (Wildman–Crippen MR) is 161 cm³/mol. The number of rotatable bonds is 7. The number of hydrogen-bond acceptors (Lipinski definition) is 4. The Hall–Kier alpha value is -5.28. The van der Waals surface area contributed by atoms with Gasteiger partial charge in [0.2, 0.25) is 0 Å². The topological polar surface area (TPSA) is 76.1 Å². The van der Waals surface area contributed by atoms with E-state index in [1.54, 1.807) is 0 Å². The van der Waals surface area contributed by atoms with Crippen LogP contribution in [-0.2, 0) is 29.8 Å². The van der Waals surface area contributed by atoms with Crippen LogP contribution in [0.5, 0.6) is 5.75 Å². The van der Waals surface area contributed by atoms with Gasteiger partial charge in [0.1, 0.15) is 17.7 Å². The molecule has 4 aromatic carbocycles. The smallest absolute Gasteiger partial charge is 0.416 e. The molecule has 1 N–H and O–H groups in total. The van der Waals surface area contributed by atoms with E-state index < -0.39 is 77.4 Å². The Morgan fingerprint density at radius 1 is 0.804 bits per heavy atom. The first kappa shape index (κ1) is 37.0. The van der Waals surface area contributed by atoms with Gasteiger partial charge in [0.05, 0.1) is 42.0 Å². The molecule has 5 rings (SSSR count). The molecule has 2 atom stereocenters. The number of benzene rings is 4. The van der Waals surface area contributed by atoms with E-state index in [9.17, 15) is 54.2 Å². The molecule has 1 fully saturated rings. The molecule has 0 aromatic heterocycles. The number of aromatic carboxylic acids is 1. The second-order valence-electron chi connectivity index (χ2n) is 11.7. The number of carboxylic acids is 1. The van der Waals surface area contributed by atoms with Crippen LogP contribution in [0.3, 0.4) is 0 Å². The van der Waals surface area contributed by atoms with Crippen LogP contribution >= 0.6 is 0 Å². The van der Waals surface area contributed by atoms with E-state index >= 15 is 4.39 Å². The zero-order chi connectivity index (χ0) is 37.8. The maximum absolute atomic E-state index is 15.4. The summed E-state index contributed by atoms with van der Waals surface area (Å²) in [5.74, 6) is -2.20. The summed E-state index contributed by atoms with van der Waals surface area (Å²) in [7, 11) is 1.17. The van der Waals surface area contributed by atoms with E-state index in [-0.39, 0.29) is 50.8 Å². The van der Waals surface area contributed by atoms with Crippen LogP contribution in [0.15, 0.2) is 66.7 Å². The maximum atomic E-state index is 15.4. The van der Waals surface area contributed by atoms with Gasteiger partial charge >= 0.3 is 30.6 Å². The van der Waals surface area contributed by atoms with Gasteiger partial charge in [0.25, 0.3) is 0 Å². The largest absolute Gasteiger partial charge is 0.496 e. The van der Waals surface area contributed by atoms with Gasteiger partial charge in [-0.2, -0.15) is 39.5 Å². The lowest BCUT2D eigenvalue weighted by Crippen LogP contribution is -2.32. The lowest BCUT2D eigenvalue weighted by molar-refractivity contribution is -0.143. The van der Waals surface area contributed by atoms with Gasteiger partial charge in [-0.3, -0.25) is 4.90 Å². The van der Waals surface area contributed by atoms with Crippen molar-refractivity contribution < 1.29 is 68.1 Å². The number of carbonyl (C=O) groups excluding carboxylic acids is 1. The molecule has 1 heterocycles. The molecule has 0 unspecified atom stereocenters. The van der Waals surface area contributed by atoms with E-state index in [0.29, 0.717) is 18.2 Å². The number of cyclic esters (lactones) is 1. The Labute approximate surface area is 282 Å². The molecule has 51 heavy (non-hydrogen) atoms. The molecule has 16 heteroatoms. The molecule has 4 aromatic rings. The highest BCUT2D eigenvalue weighted by Gasteiger charge is 2.44. The minimum atomic E-state index is -5.20. The van der Waals surface area contributed by atoms with Crippen LogP contribution in [0.1, 0.15) is 56.8 Å². The van der Waals surface area contributed by atoms with Crippen molar-refractivity contribution in [1.29, 1.82) is 0 Å². The highest BCUT2D eigenvalue weighted by molar-refractivity contribution is 5.90. The van der Waals surface area contributed by atoms with Crippen molar-refractivity contribution in [1.82, 2.24) is 4.90 Å². The number of hydrogen-bond donors (Lipinski definition) is 1. The fourth-order valence-corrected chi connectivity index (χ4v) is 5.88. The van der Waals surface area contributed by atoms with Gasteiger partial charge in [-0.05, 0) is 84.1 Å². The fourth-order valence-electron chi connectivity index (χ4n) is 5.88. The van der Waals surface area contributed by atoms with Crippen LogP contribution in [0, 0.1) is 12.7 Å². The standard InChI is InChI=1S/C35H25F10NO5/c1-16-8-18(4-6-24(16)31(47)48)26-13-27(29(50-3)14-28(26)36)25-7-5-21(33(37,38)39)11-20(25)15-46-17(2)30(51-32(46)49)19-9-22(34(40,41)42)12-23(10-19)35(43,44)45/h4-14,17,30H,15H2,1-3H3,(H,47,48)/t17-,30-/m0/s1. The first-order valence-corrected chi connectivity index (χ1v) is 14.8. The normalized spacial score (nSPS) is 16.7. The summed E-state index contributed by atoms with van der Waals surface area (Å²) in [6.45, 7) is 2.05. The third-order valence-electron chi connectivity index (χ3n) is 8.45. The predicted octanol–water partition coefficient (Wildman–Crippen LogP) is 10.3. The first-order chi connectivity index (χ1) is 23.6. The van der Waals surface area contributed by atoms with E-state index in [4.69, 9.17) is 9.47 Å². The fraction of sp³-hybridized carbons (Fsp3) is 0.257. The van der Waals surface area contributed by atoms with Crippen molar-refractivity contribution in [3.8, 4) is 28.0 Å². The van der Waals surface area contributed by atoms with Crippen molar-refractivity contribution in [2.75, 3.05) is 7.11 Å². The van der Waals surface area contributed by atoms with Gasteiger partial charge < -0.3 is 14.6 Å². The van der Waals surface area contributed by atoms with Crippen LogP contribution in [0.2, 0.25) is 0 Å². The van der Waals surface area contributed by atoms with Gasteiger partial charge in [-0.25, -0.2) is 14.0 Å². The van der Waals surface area contributed by atoms with Crippen LogP contribution in [-0.4, -0.2) is 35.2 Å². The number of alkyl halides is 9. The molecule has 0 radical (unpaired) electrons. The minimum absolute atomic E-state index is 0.00172. The molecular formula is C35H25F10NO5. The number of methoxy groups -OCH3 is 1. The van der Waals surface area contributed by atoms with Crippen molar-refractivity contribution >= 4 is 12.1 Å². The number of halogens is 10. The molecule has 1 saturated heterocycles. The third-order valence-corrected chi connectivity index (χ3v) is 8.45. The molecule has 1 aliphatic rings. The summed E-state index contributed by atoms with van der Waals surface area (Å²) in [6.07, 6.45) is -18.2. The minimum Gasteiger partial charge on any atom is -0.496 e. The number of amides is 1. The van der Waals surface area contributed by atoms with Crippen LogP contribution < -0.4 is 4.74 Å². The van der Waals surface area contributed by atoms with Gasteiger partial charge in [-0.1, -0.05) is 18.2 Å². The SMILES string of the molecule is COc1cc(F)c(-c2ccc(C(=O)O)c(C)c2)cc1-c1ccc(C(F)(F)F)cc1CN1C(=O)O[C@H](c2cc(C(F)(F)F)cc(C(F)(F)F)c2)[C@@H]1C. The van der Waals surface area contributed by atoms with Crippen molar-refractivity contribution in [3.63, 3.8) is 0 Å². The first-order valence-electron chi connectivity index (χ1n) is 14.8. The Morgan fingerprint density at radius 3 is 1.94 bits per heavy atom. The lowest BCUT2D eigenvalue weighted by Gasteiger charge is -2.24. The summed E-state index contributed by atoms with van der Waals surface area (Å²) in [5.41, 5.74) is -4.91. The summed E-state index contributed by atoms with van der Waals surface area (Å²) in [5, 5.41) is 9.38. The highest BCUT2D eigenvalue weighted by atomic mass is 19.4. The quantitative estimate of drug-likeness (QED) is 0.192. The third kappa shape index (κ3) is 7.44. The Kier molecular flexibility index (Phi) is 9.51. The molecule has 0 saturated carbocycles. The highest BCUT2D eigenvalue weighted by Crippen LogP contribution is 2.44. The van der Waals surface area contributed by atoms with E-state index in [1.807, 2.05) is 0 Å². The average Bonchev–Trinajstić information content (AvgIpc) is 3.31. The number of carboxylic acid groups (broad SMARTS) is 1. The molecule has 0 aliphatic carbocycles. The number of nitrogens with zero attached hydrogens (tertiary/aromatic N) is 1. The number of carbonyl (C=O) groups is 2. The van der Waals surface area contributed by atoms with Gasteiger partial charge in [0.15, 0.2) is 0 Å².